The summed E-state index contributed by atoms with van der Waals surface area (Å²) >= 11 is 0. The monoisotopic (exact) mass is 388 g/mol. The van der Waals surface area contributed by atoms with Gasteiger partial charge in [0.1, 0.15) is 0 Å². The first-order valence-corrected chi connectivity index (χ1v) is 10.4. The van der Waals surface area contributed by atoms with Crippen LogP contribution in [0.2, 0.25) is 0 Å². The molecule has 1 aromatic rings. The van der Waals surface area contributed by atoms with Gasteiger partial charge in [0.15, 0.2) is 11.5 Å². The van der Waals surface area contributed by atoms with Crippen LogP contribution in [-0.2, 0) is 16.0 Å². The first kappa shape index (κ1) is 20.5. The highest BCUT2D eigenvalue weighted by molar-refractivity contribution is 5.92. The van der Waals surface area contributed by atoms with Crippen molar-refractivity contribution in [1.29, 1.82) is 0 Å². The quantitative estimate of drug-likeness (QED) is 0.672. The number of nitrogens with one attached hydrogen (secondary N) is 2. The number of carbonyl (C=O) groups is 2. The van der Waals surface area contributed by atoms with Crippen LogP contribution >= 0.6 is 0 Å². The number of carbonyl (C=O) groups excluding carboxylic acids is 2. The second-order valence-electron chi connectivity index (χ2n) is 7.88. The van der Waals surface area contributed by atoms with E-state index in [0.29, 0.717) is 36.9 Å². The Morgan fingerprint density at radius 1 is 0.964 bits per heavy atom. The van der Waals surface area contributed by atoms with Gasteiger partial charge >= 0.3 is 0 Å². The first-order chi connectivity index (χ1) is 13.6. The van der Waals surface area contributed by atoms with E-state index in [-0.39, 0.29) is 23.7 Å². The summed E-state index contributed by atoms with van der Waals surface area (Å²) in [5.41, 5.74) is 1.07. The van der Waals surface area contributed by atoms with Crippen molar-refractivity contribution in [2.45, 2.75) is 57.4 Å². The Morgan fingerprint density at radius 3 is 2.32 bits per heavy atom. The smallest absolute Gasteiger partial charge is 0.224 e. The van der Waals surface area contributed by atoms with Crippen LogP contribution in [0.5, 0.6) is 11.5 Å². The third-order valence-electron chi connectivity index (χ3n) is 5.83. The van der Waals surface area contributed by atoms with Gasteiger partial charge < -0.3 is 20.1 Å². The van der Waals surface area contributed by atoms with Crippen LogP contribution in [0.15, 0.2) is 18.2 Å². The number of methoxy groups -OCH3 is 2. The molecule has 2 amide bonds. The fraction of sp³-hybridized carbons (Fsp3) is 0.636. The van der Waals surface area contributed by atoms with E-state index in [2.05, 4.69) is 10.6 Å². The molecule has 0 heterocycles. The molecule has 6 nitrogen and oxygen atoms in total. The summed E-state index contributed by atoms with van der Waals surface area (Å²) in [6.07, 6.45) is 8.42. The molecular formula is C22H32N2O4. The van der Waals surface area contributed by atoms with Crippen molar-refractivity contribution in [2.75, 3.05) is 20.8 Å². The molecule has 0 spiro atoms. The van der Waals surface area contributed by atoms with Crippen LogP contribution in [0.25, 0.3) is 0 Å². The summed E-state index contributed by atoms with van der Waals surface area (Å²) < 4.78 is 10.5. The van der Waals surface area contributed by atoms with Gasteiger partial charge in [-0.25, -0.2) is 0 Å². The zero-order valence-electron chi connectivity index (χ0n) is 17.0. The Hall–Kier alpha value is -2.24. The maximum atomic E-state index is 12.4. The molecule has 2 atom stereocenters. The molecule has 0 aliphatic heterocycles. The second-order valence-corrected chi connectivity index (χ2v) is 7.88. The predicted octanol–water partition coefficient (Wildman–Crippen LogP) is 2.84. The van der Waals surface area contributed by atoms with Crippen LogP contribution < -0.4 is 20.1 Å². The number of amides is 2. The van der Waals surface area contributed by atoms with Crippen LogP contribution in [0, 0.1) is 11.8 Å². The summed E-state index contributed by atoms with van der Waals surface area (Å²) in [5.74, 6) is 1.11. The third-order valence-corrected chi connectivity index (χ3v) is 5.83. The molecule has 154 valence electrons. The second kappa shape index (κ2) is 9.80. The lowest BCUT2D eigenvalue weighted by Crippen LogP contribution is -2.37. The highest BCUT2D eigenvalue weighted by Gasteiger charge is 2.48. The zero-order valence-corrected chi connectivity index (χ0v) is 17.0. The molecule has 6 heteroatoms. The minimum atomic E-state index is -0.170. The topological polar surface area (TPSA) is 76.7 Å². The average molecular weight is 389 g/mol. The maximum absolute atomic E-state index is 12.4. The van der Waals surface area contributed by atoms with E-state index in [1.165, 1.54) is 25.7 Å². The van der Waals surface area contributed by atoms with Gasteiger partial charge in [-0.05, 0) is 43.4 Å². The number of hydrogen-bond donors (Lipinski definition) is 2. The Labute approximate surface area is 167 Å². The third kappa shape index (κ3) is 5.40. The predicted molar refractivity (Wildman–Crippen MR) is 107 cm³/mol. The minimum absolute atomic E-state index is 0.0125. The summed E-state index contributed by atoms with van der Waals surface area (Å²) in [7, 11) is 3.21. The number of benzene rings is 1. The van der Waals surface area contributed by atoms with Gasteiger partial charge in [-0.3, -0.25) is 9.59 Å². The zero-order chi connectivity index (χ0) is 19.9. The molecule has 0 saturated heterocycles. The van der Waals surface area contributed by atoms with Gasteiger partial charge in [0.25, 0.3) is 0 Å². The van der Waals surface area contributed by atoms with Gasteiger partial charge in [0.05, 0.1) is 26.1 Å². The minimum Gasteiger partial charge on any atom is -0.493 e. The largest absolute Gasteiger partial charge is 0.493 e. The van der Waals surface area contributed by atoms with E-state index in [0.717, 1.165) is 18.4 Å². The first-order valence-electron chi connectivity index (χ1n) is 10.4. The molecule has 3 rings (SSSR count). The molecule has 2 saturated carbocycles. The molecule has 0 radical (unpaired) electrons. The van der Waals surface area contributed by atoms with Crippen molar-refractivity contribution in [3.8, 4) is 11.5 Å². The van der Waals surface area contributed by atoms with E-state index < -0.39 is 0 Å². The molecule has 0 bridgehead atoms. The van der Waals surface area contributed by atoms with E-state index in [4.69, 9.17) is 9.47 Å². The molecule has 28 heavy (non-hydrogen) atoms. The summed E-state index contributed by atoms with van der Waals surface area (Å²) in [6, 6.07) is 6.05. The molecule has 0 aromatic heterocycles. The van der Waals surface area contributed by atoms with E-state index in [1.807, 2.05) is 18.2 Å². The van der Waals surface area contributed by atoms with Gasteiger partial charge in [-0.15, -0.1) is 0 Å². The number of hydrogen-bond acceptors (Lipinski definition) is 4. The normalized spacial score (nSPS) is 22.1. The highest BCUT2D eigenvalue weighted by atomic mass is 16.5. The molecular weight excluding hydrogens is 356 g/mol. The maximum Gasteiger partial charge on any atom is 0.224 e. The Kier molecular flexibility index (Phi) is 7.18. The molecule has 2 fully saturated rings. The van der Waals surface area contributed by atoms with Crippen molar-refractivity contribution in [1.82, 2.24) is 10.6 Å². The number of ether oxygens (including phenoxy) is 2. The highest BCUT2D eigenvalue weighted by Crippen LogP contribution is 2.39. The van der Waals surface area contributed by atoms with Crippen molar-refractivity contribution >= 4 is 11.8 Å². The Morgan fingerprint density at radius 2 is 1.64 bits per heavy atom. The van der Waals surface area contributed by atoms with Gasteiger partial charge in [0.2, 0.25) is 11.8 Å². The van der Waals surface area contributed by atoms with E-state index in [1.54, 1.807) is 14.2 Å². The van der Waals surface area contributed by atoms with Crippen LogP contribution in [0.4, 0.5) is 0 Å². The lowest BCUT2D eigenvalue weighted by atomic mass is 10.1. The van der Waals surface area contributed by atoms with E-state index >= 15 is 0 Å². The van der Waals surface area contributed by atoms with Crippen molar-refractivity contribution < 1.29 is 19.1 Å². The lowest BCUT2D eigenvalue weighted by molar-refractivity contribution is -0.127. The number of rotatable bonds is 8. The molecule has 2 N–H and O–H groups in total. The summed E-state index contributed by atoms with van der Waals surface area (Å²) in [5, 5.41) is 6.13. The standard InChI is InChI=1S/C22H32N2O4/c1-27-19-10-9-15(13-20(19)28-2)11-12-23-21(25)17-14-18(17)22(26)24-16-7-5-3-4-6-8-16/h9-10,13,16-18H,3-8,11-12,14H2,1-2H3,(H,23,25)(H,24,26). The fourth-order valence-electron chi connectivity index (χ4n) is 4.00. The van der Waals surface area contributed by atoms with Crippen molar-refractivity contribution in [3.63, 3.8) is 0 Å². The molecule has 1 aromatic carbocycles. The Bertz CT molecular complexity index is 683. The molecule has 2 aliphatic rings. The summed E-state index contributed by atoms with van der Waals surface area (Å²) in [4.78, 5) is 24.8. The van der Waals surface area contributed by atoms with Crippen LogP contribution in [0.3, 0.4) is 0 Å². The van der Waals surface area contributed by atoms with Crippen LogP contribution in [-0.4, -0.2) is 38.6 Å². The average Bonchev–Trinajstić information content (AvgIpc) is 3.52. The molecule has 2 aliphatic carbocycles. The van der Waals surface area contributed by atoms with Crippen LogP contribution in [0.1, 0.15) is 50.5 Å². The SMILES string of the molecule is COc1ccc(CCNC(=O)C2CC2C(=O)NC2CCCCCC2)cc1OC. The van der Waals surface area contributed by atoms with E-state index in [9.17, 15) is 9.59 Å². The molecule has 2 unspecified atom stereocenters. The fourth-order valence-corrected chi connectivity index (χ4v) is 4.00. The van der Waals surface area contributed by atoms with Gasteiger partial charge in [-0.1, -0.05) is 31.7 Å². The Balaban J connectivity index is 1.39. The van der Waals surface area contributed by atoms with Crippen molar-refractivity contribution in [2.24, 2.45) is 11.8 Å². The lowest BCUT2D eigenvalue weighted by Gasteiger charge is -2.16. The van der Waals surface area contributed by atoms with Gasteiger partial charge in [0, 0.05) is 12.6 Å². The summed E-state index contributed by atoms with van der Waals surface area (Å²) in [6.45, 7) is 0.543. The van der Waals surface area contributed by atoms with Crippen molar-refractivity contribution in [3.05, 3.63) is 23.8 Å². The van der Waals surface area contributed by atoms with Gasteiger partial charge in [-0.2, -0.15) is 0 Å².